The van der Waals surface area contributed by atoms with E-state index in [1.165, 1.54) is 5.56 Å². The summed E-state index contributed by atoms with van der Waals surface area (Å²) >= 11 is 0. The smallest absolute Gasteiger partial charge is 0.240 e. The molecule has 0 aliphatic heterocycles. The second-order valence-corrected chi connectivity index (χ2v) is 6.07. The van der Waals surface area contributed by atoms with Crippen LogP contribution < -0.4 is 10.6 Å². The minimum absolute atomic E-state index is 0.0177. The zero-order valence-corrected chi connectivity index (χ0v) is 14.0. The highest BCUT2D eigenvalue weighted by atomic mass is 16.2. The molecule has 0 spiro atoms. The zero-order chi connectivity index (χ0) is 16.9. The monoisotopic (exact) mass is 322 g/mol. The van der Waals surface area contributed by atoms with Gasteiger partial charge in [0.2, 0.25) is 11.9 Å². The Morgan fingerprint density at radius 1 is 1.08 bits per heavy atom. The third-order valence-electron chi connectivity index (χ3n) is 3.70. The highest BCUT2D eigenvalue weighted by molar-refractivity contribution is 5.83. The lowest BCUT2D eigenvalue weighted by Crippen LogP contribution is -2.33. The molecule has 0 unspecified atom stereocenters. The van der Waals surface area contributed by atoms with Gasteiger partial charge in [0.25, 0.3) is 0 Å². The molecule has 24 heavy (non-hydrogen) atoms. The number of nitrogens with zero attached hydrogens (tertiary/aromatic N) is 2. The summed E-state index contributed by atoms with van der Waals surface area (Å²) in [5, 5.41) is 6.28. The van der Waals surface area contributed by atoms with Crippen LogP contribution in [0.5, 0.6) is 0 Å². The van der Waals surface area contributed by atoms with Crippen molar-refractivity contribution in [1.82, 2.24) is 14.9 Å². The number of benzene rings is 2. The summed E-state index contributed by atoms with van der Waals surface area (Å²) < 4.78 is 1.93. The zero-order valence-electron chi connectivity index (χ0n) is 14.0. The van der Waals surface area contributed by atoms with Crippen molar-refractivity contribution in [3.63, 3.8) is 0 Å². The van der Waals surface area contributed by atoms with Crippen LogP contribution in [0.3, 0.4) is 0 Å². The van der Waals surface area contributed by atoms with Gasteiger partial charge in [-0.3, -0.25) is 4.79 Å². The Hall–Kier alpha value is -2.82. The van der Waals surface area contributed by atoms with Crippen LogP contribution in [0.1, 0.15) is 19.4 Å². The molecule has 124 valence electrons. The Labute approximate surface area is 141 Å². The molecule has 1 amide bonds. The molecule has 0 radical (unpaired) electrons. The molecule has 5 heteroatoms. The lowest BCUT2D eigenvalue weighted by atomic mass is 10.2. The number of para-hydroxylation sites is 2. The van der Waals surface area contributed by atoms with Crippen molar-refractivity contribution in [2.45, 2.75) is 33.0 Å². The molecular weight excluding hydrogens is 300 g/mol. The van der Waals surface area contributed by atoms with E-state index in [-0.39, 0.29) is 18.5 Å². The molecule has 0 aliphatic carbocycles. The summed E-state index contributed by atoms with van der Waals surface area (Å²) in [5.41, 5.74) is 3.00. The summed E-state index contributed by atoms with van der Waals surface area (Å²) in [6, 6.07) is 18.1. The van der Waals surface area contributed by atoms with Gasteiger partial charge >= 0.3 is 0 Å². The lowest BCUT2D eigenvalue weighted by molar-refractivity contribution is -0.122. The highest BCUT2D eigenvalue weighted by Crippen LogP contribution is 2.20. The predicted molar refractivity (Wildman–Crippen MR) is 96.8 cm³/mol. The van der Waals surface area contributed by atoms with Gasteiger partial charge in [-0.1, -0.05) is 42.5 Å². The maximum Gasteiger partial charge on any atom is 0.240 e. The third-order valence-corrected chi connectivity index (χ3v) is 3.70. The number of imidazole rings is 1. The average molecular weight is 322 g/mol. The van der Waals surface area contributed by atoms with Crippen LogP contribution in [0.15, 0.2) is 54.6 Å². The number of rotatable bonds is 6. The number of amides is 1. The summed E-state index contributed by atoms with van der Waals surface area (Å²) in [7, 11) is 0. The van der Waals surface area contributed by atoms with Crippen LogP contribution in [0, 0.1) is 0 Å². The first kappa shape index (κ1) is 16.1. The van der Waals surface area contributed by atoms with Crippen LogP contribution in [-0.2, 0) is 17.9 Å². The van der Waals surface area contributed by atoms with E-state index in [2.05, 4.69) is 27.8 Å². The second kappa shape index (κ2) is 7.17. The normalized spacial score (nSPS) is 11.0. The fourth-order valence-corrected chi connectivity index (χ4v) is 2.66. The van der Waals surface area contributed by atoms with Gasteiger partial charge < -0.3 is 15.2 Å². The van der Waals surface area contributed by atoms with Crippen molar-refractivity contribution in [3.8, 4) is 0 Å². The van der Waals surface area contributed by atoms with Gasteiger partial charge in [0.05, 0.1) is 11.0 Å². The molecule has 1 heterocycles. The van der Waals surface area contributed by atoms with Crippen molar-refractivity contribution >= 4 is 22.9 Å². The third kappa shape index (κ3) is 3.74. The number of hydrogen-bond donors (Lipinski definition) is 2. The van der Waals surface area contributed by atoms with Crippen LogP contribution in [0.4, 0.5) is 5.95 Å². The number of carbonyl (C=O) groups excluding carboxylic acids is 1. The highest BCUT2D eigenvalue weighted by Gasteiger charge is 2.13. The molecule has 0 aliphatic rings. The van der Waals surface area contributed by atoms with Gasteiger partial charge in [-0.25, -0.2) is 4.98 Å². The maximum absolute atomic E-state index is 12.2. The number of fused-ring (bicyclic) bond motifs is 1. The summed E-state index contributed by atoms with van der Waals surface area (Å²) in [4.78, 5) is 16.8. The molecule has 2 aromatic carbocycles. The summed E-state index contributed by atoms with van der Waals surface area (Å²) in [6.07, 6.45) is 0. The Bertz CT molecular complexity index is 824. The van der Waals surface area contributed by atoms with Crippen molar-refractivity contribution in [2.24, 2.45) is 0 Å². The molecule has 0 fully saturated rings. The molecule has 0 saturated heterocycles. The Morgan fingerprint density at radius 3 is 2.54 bits per heavy atom. The maximum atomic E-state index is 12.2. The van der Waals surface area contributed by atoms with E-state index in [4.69, 9.17) is 0 Å². The fraction of sp³-hybridized carbons (Fsp3) is 0.263. The van der Waals surface area contributed by atoms with E-state index in [1.54, 1.807) is 0 Å². The van der Waals surface area contributed by atoms with E-state index in [1.807, 2.05) is 60.9 Å². The fourth-order valence-electron chi connectivity index (χ4n) is 2.66. The standard InChI is InChI=1S/C19H22N4O/c1-14(2)21-18(24)13-23-17-11-7-6-10-16(17)22-19(23)20-12-15-8-4-3-5-9-15/h3-11,14H,12-13H2,1-2H3,(H,20,22)(H,21,24). The molecule has 0 atom stereocenters. The van der Waals surface area contributed by atoms with Crippen molar-refractivity contribution in [3.05, 3.63) is 60.2 Å². The van der Waals surface area contributed by atoms with Crippen LogP contribution >= 0.6 is 0 Å². The topological polar surface area (TPSA) is 59.0 Å². The molecular formula is C19H22N4O. The van der Waals surface area contributed by atoms with Gasteiger partial charge in [0.15, 0.2) is 0 Å². The summed E-state index contributed by atoms with van der Waals surface area (Å²) in [5.74, 6) is 0.690. The first-order chi connectivity index (χ1) is 11.6. The van der Waals surface area contributed by atoms with E-state index in [0.29, 0.717) is 12.5 Å². The van der Waals surface area contributed by atoms with Crippen LogP contribution in [0.2, 0.25) is 0 Å². The molecule has 3 rings (SSSR count). The minimum Gasteiger partial charge on any atom is -0.352 e. The molecule has 0 saturated carbocycles. The largest absolute Gasteiger partial charge is 0.352 e. The quantitative estimate of drug-likeness (QED) is 0.733. The number of hydrogen-bond acceptors (Lipinski definition) is 3. The molecule has 3 aromatic rings. The Balaban J connectivity index is 1.85. The molecule has 1 aromatic heterocycles. The molecule has 5 nitrogen and oxygen atoms in total. The Kier molecular flexibility index (Phi) is 4.79. The average Bonchev–Trinajstić information content (AvgIpc) is 2.91. The SMILES string of the molecule is CC(C)NC(=O)Cn1c(NCc2ccccc2)nc2ccccc21. The van der Waals surface area contributed by atoms with Crippen molar-refractivity contribution in [1.29, 1.82) is 0 Å². The van der Waals surface area contributed by atoms with E-state index < -0.39 is 0 Å². The molecule has 2 N–H and O–H groups in total. The van der Waals surface area contributed by atoms with Gasteiger partial charge in [-0.05, 0) is 31.5 Å². The predicted octanol–water partition coefficient (Wildman–Crippen LogP) is 3.17. The van der Waals surface area contributed by atoms with Crippen LogP contribution in [0.25, 0.3) is 11.0 Å². The Morgan fingerprint density at radius 2 is 1.79 bits per heavy atom. The van der Waals surface area contributed by atoms with Gasteiger partial charge in [-0.2, -0.15) is 0 Å². The second-order valence-electron chi connectivity index (χ2n) is 6.07. The number of aromatic nitrogens is 2. The van der Waals surface area contributed by atoms with Crippen molar-refractivity contribution in [2.75, 3.05) is 5.32 Å². The van der Waals surface area contributed by atoms with E-state index in [9.17, 15) is 4.79 Å². The van der Waals surface area contributed by atoms with Gasteiger partial charge in [0, 0.05) is 12.6 Å². The number of carbonyl (C=O) groups is 1. The van der Waals surface area contributed by atoms with Crippen molar-refractivity contribution < 1.29 is 4.79 Å². The first-order valence-electron chi connectivity index (χ1n) is 8.16. The minimum atomic E-state index is -0.0177. The van der Waals surface area contributed by atoms with E-state index >= 15 is 0 Å². The van der Waals surface area contributed by atoms with Gasteiger partial charge in [-0.15, -0.1) is 0 Å². The molecule has 0 bridgehead atoms. The van der Waals surface area contributed by atoms with Gasteiger partial charge in [0.1, 0.15) is 6.54 Å². The first-order valence-corrected chi connectivity index (χ1v) is 8.16. The van der Waals surface area contributed by atoms with Crippen LogP contribution in [-0.4, -0.2) is 21.5 Å². The van der Waals surface area contributed by atoms with E-state index in [0.717, 1.165) is 11.0 Å². The number of nitrogens with one attached hydrogen (secondary N) is 2. The lowest BCUT2D eigenvalue weighted by Gasteiger charge is -2.13. The summed E-state index contributed by atoms with van der Waals surface area (Å²) in [6.45, 7) is 4.82. The number of anilines is 1.